The summed E-state index contributed by atoms with van der Waals surface area (Å²) < 4.78 is 0. The van der Waals surface area contributed by atoms with Crippen molar-refractivity contribution in [1.82, 2.24) is 5.32 Å². The van der Waals surface area contributed by atoms with E-state index in [1.54, 1.807) is 6.08 Å². The second-order valence-electron chi connectivity index (χ2n) is 11.4. The first-order valence-corrected chi connectivity index (χ1v) is 16.9. The van der Waals surface area contributed by atoms with E-state index in [1.165, 1.54) is 70.6 Å². The Morgan fingerprint density at radius 3 is 1.63 bits per heavy atom. The number of allylic oxidation sites excluding steroid dienone is 7. The number of carbonyl (C=O) groups is 1. The van der Waals surface area contributed by atoms with Crippen molar-refractivity contribution in [2.75, 3.05) is 6.61 Å². The van der Waals surface area contributed by atoms with Crippen LogP contribution in [0.4, 0.5) is 0 Å². The molecule has 0 aliphatic heterocycles. The number of aliphatic hydroxyl groups is 3. The Morgan fingerprint density at radius 1 is 0.610 bits per heavy atom. The van der Waals surface area contributed by atoms with Gasteiger partial charge >= 0.3 is 0 Å². The molecule has 5 heteroatoms. The maximum Gasteiger partial charge on any atom is 0.222 e. The number of hydrogen-bond acceptors (Lipinski definition) is 4. The van der Waals surface area contributed by atoms with E-state index in [4.69, 9.17) is 0 Å². The zero-order valence-corrected chi connectivity index (χ0v) is 26.7. The molecule has 4 N–H and O–H groups in total. The summed E-state index contributed by atoms with van der Waals surface area (Å²) in [7, 11) is 0. The molecule has 0 spiro atoms. The minimum atomic E-state index is -0.962. The molecule has 0 saturated heterocycles. The Hall–Kier alpha value is -1.69. The first-order valence-electron chi connectivity index (χ1n) is 16.9. The van der Waals surface area contributed by atoms with Gasteiger partial charge in [0.2, 0.25) is 5.91 Å². The van der Waals surface area contributed by atoms with Crippen molar-refractivity contribution in [1.29, 1.82) is 0 Å². The van der Waals surface area contributed by atoms with E-state index in [0.29, 0.717) is 6.42 Å². The largest absolute Gasteiger partial charge is 0.394 e. The Labute approximate surface area is 253 Å². The van der Waals surface area contributed by atoms with Crippen LogP contribution < -0.4 is 5.32 Å². The van der Waals surface area contributed by atoms with Crippen LogP contribution in [0.1, 0.15) is 149 Å². The van der Waals surface area contributed by atoms with Crippen molar-refractivity contribution in [3.63, 3.8) is 0 Å². The molecular weight excluding hydrogens is 510 g/mol. The van der Waals surface area contributed by atoms with Gasteiger partial charge < -0.3 is 20.6 Å². The normalized spacial score (nSPS) is 14.6. The Balaban J connectivity index is 3.87. The van der Waals surface area contributed by atoms with Crippen molar-refractivity contribution >= 4 is 5.91 Å². The lowest BCUT2D eigenvalue weighted by Gasteiger charge is -2.20. The van der Waals surface area contributed by atoms with Gasteiger partial charge in [0.1, 0.15) is 0 Å². The molecule has 0 rings (SSSR count). The molecule has 0 saturated carbocycles. The summed E-state index contributed by atoms with van der Waals surface area (Å²) in [5.74, 6) is -0.349. The lowest BCUT2D eigenvalue weighted by molar-refractivity contribution is -0.124. The fraction of sp³-hybridized carbons (Fsp3) is 0.750. The van der Waals surface area contributed by atoms with Gasteiger partial charge in [0.05, 0.1) is 31.3 Å². The second kappa shape index (κ2) is 31.3. The molecule has 0 aromatic heterocycles. The quantitative estimate of drug-likeness (QED) is 0.0531. The van der Waals surface area contributed by atoms with Gasteiger partial charge in [0, 0.05) is 0 Å². The fourth-order valence-electron chi connectivity index (χ4n) is 4.64. The van der Waals surface area contributed by atoms with Crippen molar-refractivity contribution in [3.05, 3.63) is 48.6 Å². The van der Waals surface area contributed by atoms with E-state index >= 15 is 0 Å². The number of amides is 1. The summed E-state index contributed by atoms with van der Waals surface area (Å²) in [5.41, 5.74) is 0. The third-order valence-electron chi connectivity index (χ3n) is 7.32. The molecule has 0 aromatic rings. The second-order valence-corrected chi connectivity index (χ2v) is 11.4. The number of unbranched alkanes of at least 4 members (excludes halogenated alkanes) is 14. The summed E-state index contributed by atoms with van der Waals surface area (Å²) in [4.78, 5) is 12.3. The van der Waals surface area contributed by atoms with Gasteiger partial charge in [-0.2, -0.15) is 0 Å². The average molecular weight is 576 g/mol. The van der Waals surface area contributed by atoms with E-state index < -0.39 is 18.2 Å². The monoisotopic (exact) mass is 575 g/mol. The van der Waals surface area contributed by atoms with E-state index in [2.05, 4.69) is 55.6 Å². The zero-order chi connectivity index (χ0) is 30.2. The number of aliphatic hydroxyl groups excluding tert-OH is 3. The van der Waals surface area contributed by atoms with Crippen LogP contribution in [0.25, 0.3) is 0 Å². The van der Waals surface area contributed by atoms with Gasteiger partial charge in [-0.05, 0) is 64.2 Å². The average Bonchev–Trinajstić information content (AvgIpc) is 2.96. The van der Waals surface area contributed by atoms with Gasteiger partial charge in [-0.15, -0.1) is 0 Å². The molecule has 0 radical (unpaired) electrons. The number of rotatable bonds is 29. The molecule has 0 aliphatic rings. The molecule has 0 aromatic carbocycles. The molecule has 0 bridgehead atoms. The maximum atomic E-state index is 12.3. The molecular formula is C36H65NO4. The predicted octanol–water partition coefficient (Wildman–Crippen LogP) is 8.64. The van der Waals surface area contributed by atoms with Gasteiger partial charge in [-0.25, -0.2) is 0 Å². The third kappa shape index (κ3) is 28.2. The van der Waals surface area contributed by atoms with Crippen molar-refractivity contribution in [2.24, 2.45) is 0 Å². The fourth-order valence-corrected chi connectivity index (χ4v) is 4.64. The highest BCUT2D eigenvalue weighted by Gasteiger charge is 2.19. The van der Waals surface area contributed by atoms with Crippen molar-refractivity contribution < 1.29 is 20.1 Å². The first kappa shape index (κ1) is 39.3. The molecule has 0 fully saturated rings. The standard InChI is InChI=1S/C36H65NO4/c1-3-5-7-9-11-13-14-15-16-17-18-19-20-21-22-24-26-28-30-35(40)34(32-38)37-36(41)31-33(39)29-27-25-23-12-10-8-6-4-2/h10,12,17-18,21-22,28,30,33-35,38-40H,3-9,11,13-16,19-20,23-27,29,31-32H2,1-2H3,(H,37,41)/b12-10-,18-17+,22-21+,30-28+. The minimum Gasteiger partial charge on any atom is -0.394 e. The summed E-state index contributed by atoms with van der Waals surface area (Å²) in [6.45, 7) is 4.09. The van der Waals surface area contributed by atoms with Crippen molar-refractivity contribution in [3.8, 4) is 0 Å². The summed E-state index contributed by atoms with van der Waals surface area (Å²) in [6, 6.07) is -0.771. The van der Waals surface area contributed by atoms with E-state index in [1.807, 2.05) is 6.08 Å². The Morgan fingerprint density at radius 2 is 1.07 bits per heavy atom. The Kier molecular flexibility index (Phi) is 30.0. The summed E-state index contributed by atoms with van der Waals surface area (Å²) >= 11 is 0. The number of nitrogens with one attached hydrogen (secondary N) is 1. The van der Waals surface area contributed by atoms with Crippen LogP contribution in [0.3, 0.4) is 0 Å². The summed E-state index contributed by atoms with van der Waals surface area (Å²) in [6.07, 6.45) is 38.2. The summed E-state index contributed by atoms with van der Waals surface area (Å²) in [5, 5.41) is 32.8. The molecule has 1 amide bonds. The van der Waals surface area contributed by atoms with Crippen LogP contribution in [0, 0.1) is 0 Å². The lowest BCUT2D eigenvalue weighted by Crippen LogP contribution is -2.45. The maximum absolute atomic E-state index is 12.3. The zero-order valence-electron chi connectivity index (χ0n) is 26.7. The molecule has 0 heterocycles. The van der Waals surface area contributed by atoms with E-state index in [0.717, 1.165) is 51.4 Å². The number of hydrogen-bond donors (Lipinski definition) is 4. The highest BCUT2D eigenvalue weighted by Crippen LogP contribution is 2.11. The van der Waals surface area contributed by atoms with Crippen molar-refractivity contribution in [2.45, 2.75) is 167 Å². The smallest absolute Gasteiger partial charge is 0.222 e. The SMILES string of the molecule is CCCC/C=C\CCCCC(O)CC(=O)NC(CO)C(O)/C=C/CC/C=C/CC/C=C/CCCCCCCCCC. The van der Waals surface area contributed by atoms with E-state index in [9.17, 15) is 20.1 Å². The van der Waals surface area contributed by atoms with Gasteiger partial charge in [0.25, 0.3) is 0 Å². The van der Waals surface area contributed by atoms with Gasteiger partial charge in [0.15, 0.2) is 0 Å². The first-order chi connectivity index (χ1) is 20.0. The Bertz CT molecular complexity index is 685. The number of carbonyl (C=O) groups excluding carboxylic acids is 1. The van der Waals surface area contributed by atoms with Crippen LogP contribution in [0.15, 0.2) is 48.6 Å². The predicted molar refractivity (Wildman–Crippen MR) is 176 cm³/mol. The van der Waals surface area contributed by atoms with Crippen LogP contribution in [0.2, 0.25) is 0 Å². The molecule has 0 aliphatic carbocycles. The van der Waals surface area contributed by atoms with Crippen LogP contribution in [-0.2, 0) is 4.79 Å². The highest BCUT2D eigenvalue weighted by atomic mass is 16.3. The minimum absolute atomic E-state index is 0.0154. The van der Waals surface area contributed by atoms with Gasteiger partial charge in [-0.1, -0.05) is 127 Å². The van der Waals surface area contributed by atoms with Gasteiger partial charge in [-0.3, -0.25) is 4.79 Å². The van der Waals surface area contributed by atoms with Crippen LogP contribution in [0.5, 0.6) is 0 Å². The highest BCUT2D eigenvalue weighted by molar-refractivity contribution is 5.76. The van der Waals surface area contributed by atoms with Crippen LogP contribution >= 0.6 is 0 Å². The molecule has 41 heavy (non-hydrogen) atoms. The molecule has 3 unspecified atom stereocenters. The molecule has 3 atom stereocenters. The molecule has 238 valence electrons. The third-order valence-corrected chi connectivity index (χ3v) is 7.32. The molecule has 5 nitrogen and oxygen atoms in total. The van der Waals surface area contributed by atoms with Crippen LogP contribution in [-0.4, -0.2) is 46.1 Å². The topological polar surface area (TPSA) is 89.8 Å². The van der Waals surface area contributed by atoms with E-state index in [-0.39, 0.29) is 18.9 Å². The lowest BCUT2D eigenvalue weighted by atomic mass is 10.1.